The lowest BCUT2D eigenvalue weighted by atomic mass is 10.1. The van der Waals surface area contributed by atoms with Gasteiger partial charge in [0.15, 0.2) is 0 Å². The van der Waals surface area contributed by atoms with E-state index in [1.165, 1.54) is 64.0 Å². The summed E-state index contributed by atoms with van der Waals surface area (Å²) < 4.78 is 5.99. The van der Waals surface area contributed by atoms with Crippen LogP contribution in [0.5, 0.6) is 0 Å². The van der Waals surface area contributed by atoms with Crippen LogP contribution in [0.25, 0.3) is 0 Å². The summed E-state index contributed by atoms with van der Waals surface area (Å²) in [5.41, 5.74) is 2.06. The van der Waals surface area contributed by atoms with Gasteiger partial charge >= 0.3 is 0 Å². The SMILES string of the molecule is N#Cc1ccc(CN2C[C@@H]3[C@H](COCCCN4CCCCC4)[C@@H]3C2)cc1. The summed E-state index contributed by atoms with van der Waals surface area (Å²) in [4.78, 5) is 5.16. The molecule has 0 aromatic heterocycles. The summed E-state index contributed by atoms with van der Waals surface area (Å²) >= 11 is 0. The van der Waals surface area contributed by atoms with Crippen LogP contribution in [0.4, 0.5) is 0 Å². The number of benzene rings is 1. The molecule has 140 valence electrons. The Balaban J connectivity index is 1.08. The minimum absolute atomic E-state index is 0.746. The standard InChI is InChI=1S/C22H31N3O/c23-13-18-5-7-19(8-6-18)14-25-15-20-21(16-25)22(20)17-26-12-4-11-24-9-2-1-3-10-24/h5-8,20-22H,1-4,9-12,14-17H2/t20-,21+,22-. The number of nitrogens with zero attached hydrogens (tertiary/aromatic N) is 3. The maximum Gasteiger partial charge on any atom is 0.0991 e. The van der Waals surface area contributed by atoms with Crippen LogP contribution in [-0.4, -0.2) is 55.7 Å². The van der Waals surface area contributed by atoms with Gasteiger partial charge in [0.25, 0.3) is 0 Å². The summed E-state index contributed by atoms with van der Waals surface area (Å²) in [7, 11) is 0. The Hall–Kier alpha value is -1.41. The Morgan fingerprint density at radius 1 is 1.00 bits per heavy atom. The zero-order valence-corrected chi connectivity index (χ0v) is 15.8. The van der Waals surface area contributed by atoms with Crippen molar-refractivity contribution in [2.45, 2.75) is 32.2 Å². The van der Waals surface area contributed by atoms with E-state index in [0.717, 1.165) is 43.1 Å². The zero-order valence-electron chi connectivity index (χ0n) is 15.8. The second-order valence-corrected chi connectivity index (χ2v) is 8.33. The average molecular weight is 354 g/mol. The molecule has 4 nitrogen and oxygen atoms in total. The highest BCUT2D eigenvalue weighted by molar-refractivity contribution is 5.31. The molecule has 26 heavy (non-hydrogen) atoms. The molecule has 3 atom stereocenters. The normalized spacial score (nSPS) is 28.7. The number of nitriles is 1. The van der Waals surface area contributed by atoms with E-state index in [1.54, 1.807) is 0 Å². The summed E-state index contributed by atoms with van der Waals surface area (Å²) in [6, 6.07) is 10.2. The Morgan fingerprint density at radius 3 is 2.42 bits per heavy atom. The summed E-state index contributed by atoms with van der Waals surface area (Å²) in [6.07, 6.45) is 5.36. The Morgan fingerprint density at radius 2 is 1.73 bits per heavy atom. The van der Waals surface area contributed by atoms with Gasteiger partial charge in [-0.2, -0.15) is 5.26 Å². The maximum absolute atomic E-state index is 8.88. The third kappa shape index (κ3) is 4.46. The predicted molar refractivity (Wildman–Crippen MR) is 103 cm³/mol. The first-order valence-electron chi connectivity index (χ1n) is 10.3. The number of piperidine rings is 2. The van der Waals surface area contributed by atoms with Crippen molar-refractivity contribution in [1.82, 2.24) is 9.80 Å². The van der Waals surface area contributed by atoms with Crippen molar-refractivity contribution in [3.63, 3.8) is 0 Å². The minimum atomic E-state index is 0.746. The van der Waals surface area contributed by atoms with Crippen LogP contribution in [0.1, 0.15) is 36.8 Å². The van der Waals surface area contributed by atoms with Crippen LogP contribution in [0.15, 0.2) is 24.3 Å². The number of hydrogen-bond donors (Lipinski definition) is 0. The lowest BCUT2D eigenvalue weighted by molar-refractivity contribution is 0.0967. The number of fused-ring (bicyclic) bond motifs is 1. The van der Waals surface area contributed by atoms with Gasteiger partial charge in [0.05, 0.1) is 18.2 Å². The van der Waals surface area contributed by atoms with Gasteiger partial charge < -0.3 is 9.64 Å². The Kier molecular flexibility index (Phi) is 5.89. The number of ether oxygens (including phenoxy) is 1. The lowest BCUT2D eigenvalue weighted by Crippen LogP contribution is -2.31. The van der Waals surface area contributed by atoms with Crippen LogP contribution in [0.2, 0.25) is 0 Å². The average Bonchev–Trinajstić information content (AvgIpc) is 3.14. The number of hydrogen-bond acceptors (Lipinski definition) is 4. The first-order valence-corrected chi connectivity index (χ1v) is 10.3. The third-order valence-electron chi connectivity index (χ3n) is 6.46. The lowest BCUT2D eigenvalue weighted by Gasteiger charge is -2.26. The highest BCUT2D eigenvalue weighted by atomic mass is 16.5. The first kappa shape index (κ1) is 18.0. The monoisotopic (exact) mass is 353 g/mol. The molecule has 4 heteroatoms. The molecule has 4 rings (SSSR count). The van der Waals surface area contributed by atoms with Gasteiger partial charge in [-0.05, 0) is 67.8 Å². The van der Waals surface area contributed by atoms with Gasteiger partial charge in [0.2, 0.25) is 0 Å². The van der Waals surface area contributed by atoms with Gasteiger partial charge in [-0.1, -0.05) is 18.6 Å². The molecule has 0 spiro atoms. The molecule has 0 radical (unpaired) electrons. The van der Waals surface area contributed by atoms with Gasteiger partial charge in [-0.15, -0.1) is 0 Å². The molecule has 3 fully saturated rings. The summed E-state index contributed by atoms with van der Waals surface area (Å²) in [6.45, 7) is 9.15. The quantitative estimate of drug-likeness (QED) is 0.673. The topological polar surface area (TPSA) is 39.5 Å². The molecule has 0 unspecified atom stereocenters. The summed E-state index contributed by atoms with van der Waals surface area (Å²) in [5.74, 6) is 2.52. The van der Waals surface area contributed by atoms with Crippen molar-refractivity contribution in [1.29, 1.82) is 5.26 Å². The molecule has 0 amide bonds. The molecule has 1 aliphatic carbocycles. The fourth-order valence-corrected chi connectivity index (χ4v) is 4.85. The maximum atomic E-state index is 8.88. The van der Waals surface area contributed by atoms with Crippen molar-refractivity contribution in [2.75, 3.05) is 45.9 Å². The fraction of sp³-hybridized carbons (Fsp3) is 0.682. The first-order chi connectivity index (χ1) is 12.8. The molecule has 2 heterocycles. The number of rotatable bonds is 8. The van der Waals surface area contributed by atoms with Gasteiger partial charge in [0, 0.05) is 32.8 Å². The van der Waals surface area contributed by atoms with E-state index in [0.29, 0.717) is 0 Å². The fourth-order valence-electron chi connectivity index (χ4n) is 4.85. The Bertz CT molecular complexity index is 605. The number of likely N-dealkylation sites (tertiary alicyclic amines) is 2. The van der Waals surface area contributed by atoms with Crippen molar-refractivity contribution in [3.05, 3.63) is 35.4 Å². The Labute approximate surface area is 157 Å². The molecule has 3 aliphatic rings. The highest BCUT2D eigenvalue weighted by Crippen LogP contribution is 2.51. The van der Waals surface area contributed by atoms with E-state index in [9.17, 15) is 0 Å². The molecular formula is C22H31N3O. The molecule has 2 aliphatic heterocycles. The second kappa shape index (κ2) is 8.52. The van der Waals surface area contributed by atoms with E-state index in [4.69, 9.17) is 10.00 Å². The molecule has 1 aromatic carbocycles. The van der Waals surface area contributed by atoms with E-state index in [1.807, 2.05) is 12.1 Å². The van der Waals surface area contributed by atoms with Crippen molar-refractivity contribution >= 4 is 0 Å². The van der Waals surface area contributed by atoms with Crippen LogP contribution < -0.4 is 0 Å². The van der Waals surface area contributed by atoms with Crippen LogP contribution in [0.3, 0.4) is 0 Å². The third-order valence-corrected chi connectivity index (χ3v) is 6.46. The van der Waals surface area contributed by atoms with Crippen LogP contribution in [-0.2, 0) is 11.3 Å². The van der Waals surface area contributed by atoms with Crippen LogP contribution in [0, 0.1) is 29.1 Å². The minimum Gasteiger partial charge on any atom is -0.381 e. The van der Waals surface area contributed by atoms with Gasteiger partial charge in [-0.25, -0.2) is 0 Å². The largest absolute Gasteiger partial charge is 0.381 e. The van der Waals surface area contributed by atoms with E-state index in [2.05, 4.69) is 28.0 Å². The van der Waals surface area contributed by atoms with Gasteiger partial charge in [0.1, 0.15) is 0 Å². The zero-order chi connectivity index (χ0) is 17.8. The molecule has 0 bridgehead atoms. The van der Waals surface area contributed by atoms with Crippen molar-refractivity contribution in [3.8, 4) is 6.07 Å². The summed E-state index contributed by atoms with van der Waals surface area (Å²) in [5, 5.41) is 8.88. The smallest absolute Gasteiger partial charge is 0.0991 e. The second-order valence-electron chi connectivity index (χ2n) is 8.33. The van der Waals surface area contributed by atoms with E-state index < -0.39 is 0 Å². The van der Waals surface area contributed by atoms with E-state index >= 15 is 0 Å². The molecule has 2 saturated heterocycles. The molecular weight excluding hydrogens is 322 g/mol. The van der Waals surface area contributed by atoms with Crippen LogP contribution >= 0.6 is 0 Å². The molecule has 1 aromatic rings. The molecule has 0 N–H and O–H groups in total. The van der Waals surface area contributed by atoms with Crippen molar-refractivity contribution < 1.29 is 4.74 Å². The molecule has 1 saturated carbocycles. The predicted octanol–water partition coefficient (Wildman–Crippen LogP) is 3.13. The highest BCUT2D eigenvalue weighted by Gasteiger charge is 2.55. The van der Waals surface area contributed by atoms with E-state index in [-0.39, 0.29) is 0 Å². The van der Waals surface area contributed by atoms with Crippen molar-refractivity contribution in [2.24, 2.45) is 17.8 Å². The van der Waals surface area contributed by atoms with Gasteiger partial charge in [-0.3, -0.25) is 4.90 Å².